The molecule has 0 amide bonds. The van der Waals surface area contributed by atoms with Gasteiger partial charge in [-0.3, -0.25) is 0 Å². The molecule has 4 heteroatoms. The van der Waals surface area contributed by atoms with E-state index in [4.69, 9.17) is 9.84 Å². The number of aromatic nitrogens is 1. The molecule has 0 bridgehead atoms. The SMILES string of the molecule is CC1(c2ncc(CO)s2)CCCCO1. The van der Waals surface area contributed by atoms with Crippen LogP contribution in [0.3, 0.4) is 0 Å². The van der Waals surface area contributed by atoms with E-state index in [0.717, 1.165) is 29.3 Å². The first-order chi connectivity index (χ1) is 6.74. The maximum Gasteiger partial charge on any atom is 0.125 e. The largest absolute Gasteiger partial charge is 0.391 e. The van der Waals surface area contributed by atoms with Gasteiger partial charge in [0, 0.05) is 12.8 Å². The lowest BCUT2D eigenvalue weighted by molar-refractivity contribution is -0.0702. The highest BCUT2D eigenvalue weighted by atomic mass is 32.1. The zero-order valence-electron chi connectivity index (χ0n) is 8.32. The van der Waals surface area contributed by atoms with Crippen molar-refractivity contribution in [1.29, 1.82) is 0 Å². The molecule has 2 rings (SSSR count). The zero-order valence-corrected chi connectivity index (χ0v) is 9.14. The molecular weight excluding hydrogens is 198 g/mol. The predicted molar refractivity (Wildman–Crippen MR) is 55.2 cm³/mol. The Morgan fingerprint density at radius 3 is 3.07 bits per heavy atom. The number of aliphatic hydroxyl groups excluding tert-OH is 1. The topological polar surface area (TPSA) is 42.4 Å². The number of hydrogen-bond acceptors (Lipinski definition) is 4. The standard InChI is InChI=1S/C10H15NO2S/c1-10(4-2-3-5-13-10)9-11-6-8(7-12)14-9/h6,12H,2-5,7H2,1H3. The van der Waals surface area contributed by atoms with Crippen LogP contribution in [0, 0.1) is 0 Å². The summed E-state index contributed by atoms with van der Waals surface area (Å²) < 4.78 is 5.78. The highest BCUT2D eigenvalue weighted by Crippen LogP contribution is 2.36. The summed E-state index contributed by atoms with van der Waals surface area (Å²) in [6.07, 6.45) is 5.12. The Morgan fingerprint density at radius 2 is 2.50 bits per heavy atom. The van der Waals surface area contributed by atoms with Gasteiger partial charge in [0.25, 0.3) is 0 Å². The molecule has 0 radical (unpaired) electrons. The van der Waals surface area contributed by atoms with Crippen molar-refractivity contribution in [3.63, 3.8) is 0 Å². The van der Waals surface area contributed by atoms with Gasteiger partial charge in [-0.1, -0.05) is 0 Å². The Labute approximate surface area is 87.7 Å². The van der Waals surface area contributed by atoms with Crippen LogP contribution in [0.25, 0.3) is 0 Å². The van der Waals surface area contributed by atoms with Crippen molar-refractivity contribution < 1.29 is 9.84 Å². The van der Waals surface area contributed by atoms with E-state index in [9.17, 15) is 0 Å². The van der Waals surface area contributed by atoms with E-state index in [-0.39, 0.29) is 12.2 Å². The molecule has 1 aliphatic heterocycles. The van der Waals surface area contributed by atoms with Crippen molar-refractivity contribution in [1.82, 2.24) is 4.98 Å². The van der Waals surface area contributed by atoms with Gasteiger partial charge in [-0.15, -0.1) is 11.3 Å². The van der Waals surface area contributed by atoms with Crippen LogP contribution in [0.5, 0.6) is 0 Å². The predicted octanol–water partition coefficient (Wildman–Crippen LogP) is 2.05. The molecule has 1 aromatic rings. The maximum absolute atomic E-state index is 8.96. The van der Waals surface area contributed by atoms with Crippen molar-refractivity contribution >= 4 is 11.3 Å². The Hall–Kier alpha value is -0.450. The zero-order chi connectivity index (χ0) is 10.0. The van der Waals surface area contributed by atoms with Gasteiger partial charge in [0.15, 0.2) is 0 Å². The van der Waals surface area contributed by atoms with Crippen molar-refractivity contribution in [3.8, 4) is 0 Å². The number of thiazole rings is 1. The van der Waals surface area contributed by atoms with Crippen molar-refractivity contribution in [2.24, 2.45) is 0 Å². The molecule has 1 saturated heterocycles. The number of nitrogens with zero attached hydrogens (tertiary/aromatic N) is 1. The molecule has 0 spiro atoms. The van der Waals surface area contributed by atoms with Crippen LogP contribution in [-0.2, 0) is 16.9 Å². The summed E-state index contributed by atoms with van der Waals surface area (Å²) in [5.74, 6) is 0. The van der Waals surface area contributed by atoms with Gasteiger partial charge in [-0.05, 0) is 26.2 Å². The van der Waals surface area contributed by atoms with Gasteiger partial charge in [0.05, 0.1) is 11.5 Å². The molecular formula is C10H15NO2S. The Kier molecular flexibility index (Phi) is 2.85. The number of hydrogen-bond donors (Lipinski definition) is 1. The molecule has 1 unspecified atom stereocenters. The van der Waals surface area contributed by atoms with Gasteiger partial charge in [0.1, 0.15) is 10.6 Å². The monoisotopic (exact) mass is 213 g/mol. The lowest BCUT2D eigenvalue weighted by Crippen LogP contribution is -2.29. The normalized spacial score (nSPS) is 27.9. The van der Waals surface area contributed by atoms with E-state index in [1.807, 2.05) is 0 Å². The van der Waals surface area contributed by atoms with Crippen molar-refractivity contribution in [3.05, 3.63) is 16.1 Å². The second-order valence-corrected chi connectivity index (χ2v) is 4.94. The molecule has 1 atom stereocenters. The first kappa shape index (κ1) is 10.1. The van der Waals surface area contributed by atoms with Gasteiger partial charge in [0.2, 0.25) is 0 Å². The summed E-state index contributed by atoms with van der Waals surface area (Å²) >= 11 is 1.55. The first-order valence-electron chi connectivity index (χ1n) is 4.94. The van der Waals surface area contributed by atoms with E-state index in [0.29, 0.717) is 0 Å². The number of rotatable bonds is 2. The fourth-order valence-electron chi connectivity index (χ4n) is 1.73. The summed E-state index contributed by atoms with van der Waals surface area (Å²) in [7, 11) is 0. The molecule has 0 aromatic carbocycles. The minimum atomic E-state index is -0.212. The van der Waals surface area contributed by atoms with Crippen LogP contribution in [-0.4, -0.2) is 16.7 Å². The minimum Gasteiger partial charge on any atom is -0.391 e. The summed E-state index contributed by atoms with van der Waals surface area (Å²) in [5, 5.41) is 9.96. The van der Waals surface area contributed by atoms with Gasteiger partial charge in [-0.2, -0.15) is 0 Å². The summed E-state index contributed by atoms with van der Waals surface area (Å²) in [4.78, 5) is 5.23. The molecule has 78 valence electrons. The van der Waals surface area contributed by atoms with Gasteiger partial charge >= 0.3 is 0 Å². The van der Waals surface area contributed by atoms with Crippen LogP contribution >= 0.6 is 11.3 Å². The van der Waals surface area contributed by atoms with Crippen LogP contribution in [0.2, 0.25) is 0 Å². The third-order valence-corrected chi connectivity index (χ3v) is 3.86. The highest BCUT2D eigenvalue weighted by molar-refractivity contribution is 7.11. The second kappa shape index (κ2) is 3.96. The van der Waals surface area contributed by atoms with Crippen LogP contribution < -0.4 is 0 Å². The lowest BCUT2D eigenvalue weighted by atomic mass is 9.97. The van der Waals surface area contributed by atoms with Crippen molar-refractivity contribution in [2.45, 2.75) is 38.4 Å². The smallest absolute Gasteiger partial charge is 0.125 e. The van der Waals surface area contributed by atoms with E-state index < -0.39 is 0 Å². The number of ether oxygens (including phenoxy) is 1. The Morgan fingerprint density at radius 1 is 1.64 bits per heavy atom. The average Bonchev–Trinajstić information content (AvgIpc) is 2.67. The van der Waals surface area contributed by atoms with Crippen LogP contribution in [0.15, 0.2) is 6.20 Å². The molecule has 14 heavy (non-hydrogen) atoms. The minimum absolute atomic E-state index is 0.0771. The summed E-state index contributed by atoms with van der Waals surface area (Å²) in [5.41, 5.74) is -0.212. The molecule has 1 aromatic heterocycles. The summed E-state index contributed by atoms with van der Waals surface area (Å²) in [6.45, 7) is 2.99. The van der Waals surface area contributed by atoms with Crippen LogP contribution in [0.1, 0.15) is 36.1 Å². The fourth-order valence-corrected chi connectivity index (χ4v) is 2.63. The highest BCUT2D eigenvalue weighted by Gasteiger charge is 2.32. The Balaban J connectivity index is 2.19. The molecule has 3 nitrogen and oxygen atoms in total. The summed E-state index contributed by atoms with van der Waals surface area (Å²) in [6, 6.07) is 0. The molecule has 0 saturated carbocycles. The first-order valence-corrected chi connectivity index (χ1v) is 5.76. The van der Waals surface area contributed by atoms with E-state index in [1.54, 1.807) is 17.5 Å². The fraction of sp³-hybridized carbons (Fsp3) is 0.700. The second-order valence-electron chi connectivity index (χ2n) is 3.83. The van der Waals surface area contributed by atoms with Gasteiger partial charge in [-0.25, -0.2) is 4.98 Å². The van der Waals surface area contributed by atoms with Gasteiger partial charge < -0.3 is 9.84 Å². The maximum atomic E-state index is 8.96. The van der Waals surface area contributed by atoms with E-state index in [1.165, 1.54) is 6.42 Å². The molecule has 1 N–H and O–H groups in total. The molecule has 0 aliphatic carbocycles. The Bertz CT molecular complexity index is 305. The molecule has 1 aliphatic rings. The van der Waals surface area contributed by atoms with Crippen molar-refractivity contribution in [2.75, 3.05) is 6.61 Å². The number of aliphatic hydroxyl groups is 1. The lowest BCUT2D eigenvalue weighted by Gasteiger charge is -2.31. The van der Waals surface area contributed by atoms with Crippen LogP contribution in [0.4, 0.5) is 0 Å². The quantitative estimate of drug-likeness (QED) is 0.817. The molecule has 2 heterocycles. The third kappa shape index (κ3) is 1.82. The third-order valence-electron chi connectivity index (χ3n) is 2.63. The van der Waals surface area contributed by atoms with E-state index in [2.05, 4.69) is 11.9 Å². The van der Waals surface area contributed by atoms with E-state index >= 15 is 0 Å². The average molecular weight is 213 g/mol. The molecule has 1 fully saturated rings.